The van der Waals surface area contributed by atoms with Gasteiger partial charge in [-0.3, -0.25) is 10.1 Å². The maximum atomic E-state index is 12.4. The van der Waals surface area contributed by atoms with Crippen molar-refractivity contribution in [1.29, 1.82) is 0 Å². The topological polar surface area (TPSA) is 63.6 Å². The first-order valence-electron chi connectivity index (χ1n) is 7.89. The van der Waals surface area contributed by atoms with Crippen LogP contribution < -0.4 is 5.32 Å². The molecule has 6 heteroatoms. The van der Waals surface area contributed by atoms with Crippen molar-refractivity contribution in [3.05, 3.63) is 71.6 Å². The van der Waals surface area contributed by atoms with E-state index < -0.39 is 0 Å². The fourth-order valence-corrected chi connectivity index (χ4v) is 3.31. The van der Waals surface area contributed by atoms with Gasteiger partial charge >= 0.3 is 0 Å². The summed E-state index contributed by atoms with van der Waals surface area (Å²) in [5.41, 5.74) is 3.25. The highest BCUT2D eigenvalue weighted by Crippen LogP contribution is 2.28. The fourth-order valence-electron chi connectivity index (χ4n) is 2.60. The summed E-state index contributed by atoms with van der Waals surface area (Å²) in [4.78, 5) is 22.2. The number of carbonyl (C=O) groups excluding carboxylic acids is 1. The highest BCUT2D eigenvalue weighted by atomic mass is 32.1. The Balaban J connectivity index is 1.41. The molecule has 0 unspecified atom stereocenters. The van der Waals surface area contributed by atoms with Gasteiger partial charge in [0.15, 0.2) is 11.2 Å². The number of nitrogens with one attached hydrogen (secondary N) is 1. The van der Waals surface area contributed by atoms with Crippen molar-refractivity contribution in [3.63, 3.8) is 0 Å². The van der Waals surface area contributed by atoms with Gasteiger partial charge in [0.05, 0.1) is 5.69 Å². The smallest absolute Gasteiger partial charge is 0.275 e. The summed E-state index contributed by atoms with van der Waals surface area (Å²) in [5.74, 6) is -0.271. The Hall–Kier alpha value is -2.99. The lowest BCUT2D eigenvalue weighted by Gasteiger charge is -2.07. The fraction of sp³-hybridized carbons (Fsp3) is 0.105. The number of aromatic nitrogens is 1. The van der Waals surface area contributed by atoms with Crippen molar-refractivity contribution in [2.75, 3.05) is 5.32 Å². The molecule has 0 fully saturated rings. The maximum Gasteiger partial charge on any atom is 0.275 e. The monoisotopic (exact) mass is 349 g/mol. The molecule has 2 heterocycles. The molecule has 3 aromatic rings. The summed E-state index contributed by atoms with van der Waals surface area (Å²) >= 11 is 1.39. The predicted molar refractivity (Wildman–Crippen MR) is 98.5 cm³/mol. The van der Waals surface area contributed by atoms with Gasteiger partial charge in [0.1, 0.15) is 5.71 Å². The molecule has 0 saturated heterocycles. The molecule has 0 radical (unpaired) electrons. The van der Waals surface area contributed by atoms with Gasteiger partial charge in [-0.1, -0.05) is 65.8 Å². The molecule has 1 atom stereocenters. The van der Waals surface area contributed by atoms with Crippen LogP contribution in [0.3, 0.4) is 0 Å². The van der Waals surface area contributed by atoms with E-state index in [1.54, 1.807) is 0 Å². The SMILES string of the molecule is O=C(Nc1nc(-c2ccccc2)cs1)C1=NO[C@H](c2ccccc2)C1. The number of hydrogen-bond acceptors (Lipinski definition) is 5. The lowest BCUT2D eigenvalue weighted by atomic mass is 10.0. The molecule has 1 N–H and O–H groups in total. The van der Waals surface area contributed by atoms with Gasteiger partial charge in [0, 0.05) is 17.4 Å². The van der Waals surface area contributed by atoms with Gasteiger partial charge in [-0.05, 0) is 5.56 Å². The zero-order chi connectivity index (χ0) is 17.1. The van der Waals surface area contributed by atoms with E-state index in [0.717, 1.165) is 16.8 Å². The molecule has 1 aliphatic heterocycles. The van der Waals surface area contributed by atoms with Gasteiger partial charge in [-0.2, -0.15) is 0 Å². The number of carbonyl (C=O) groups is 1. The van der Waals surface area contributed by atoms with Crippen LogP contribution in [0.2, 0.25) is 0 Å². The second kappa shape index (κ2) is 6.86. The van der Waals surface area contributed by atoms with Gasteiger partial charge in [-0.25, -0.2) is 4.98 Å². The summed E-state index contributed by atoms with van der Waals surface area (Å²) in [6, 6.07) is 19.6. The third-order valence-electron chi connectivity index (χ3n) is 3.90. The molecule has 0 spiro atoms. The van der Waals surface area contributed by atoms with Crippen LogP contribution in [0.15, 0.2) is 71.2 Å². The number of benzene rings is 2. The molecule has 4 rings (SSSR count). The average molecular weight is 349 g/mol. The van der Waals surface area contributed by atoms with Crippen molar-refractivity contribution in [2.45, 2.75) is 12.5 Å². The standard InChI is InChI=1S/C19H15N3O2S/c23-18(15-11-17(24-22-15)14-9-5-2-6-10-14)21-19-20-16(12-25-19)13-7-3-1-4-8-13/h1-10,12,17H,11H2,(H,20,21,23)/t17-/m0/s1. The van der Waals surface area contributed by atoms with Gasteiger partial charge < -0.3 is 4.84 Å². The normalized spacial score (nSPS) is 16.2. The molecule has 0 saturated carbocycles. The first-order valence-corrected chi connectivity index (χ1v) is 8.77. The molecule has 5 nitrogen and oxygen atoms in total. The van der Waals surface area contributed by atoms with Gasteiger partial charge in [0.25, 0.3) is 5.91 Å². The summed E-state index contributed by atoms with van der Waals surface area (Å²) in [5, 5.41) is 9.21. The minimum atomic E-state index is -0.271. The van der Waals surface area contributed by atoms with Crippen LogP contribution in [0.25, 0.3) is 11.3 Å². The van der Waals surface area contributed by atoms with Crippen molar-refractivity contribution >= 4 is 28.1 Å². The van der Waals surface area contributed by atoms with Crippen LogP contribution in [0, 0.1) is 0 Å². The second-order valence-electron chi connectivity index (χ2n) is 5.60. The molecule has 1 aliphatic rings. The first kappa shape index (κ1) is 15.5. The summed E-state index contributed by atoms with van der Waals surface area (Å²) in [6.07, 6.45) is 0.241. The summed E-state index contributed by atoms with van der Waals surface area (Å²) < 4.78 is 0. The molecule has 25 heavy (non-hydrogen) atoms. The minimum absolute atomic E-state index is 0.210. The Morgan fingerprint density at radius 3 is 2.56 bits per heavy atom. The number of amides is 1. The quantitative estimate of drug-likeness (QED) is 0.765. The summed E-state index contributed by atoms with van der Waals surface area (Å²) in [7, 11) is 0. The van der Waals surface area contributed by atoms with Gasteiger partial charge in [-0.15, -0.1) is 11.3 Å². The van der Waals surface area contributed by atoms with Crippen LogP contribution in [-0.2, 0) is 9.63 Å². The van der Waals surface area contributed by atoms with E-state index in [1.165, 1.54) is 11.3 Å². The Morgan fingerprint density at radius 2 is 1.80 bits per heavy atom. The Kier molecular flexibility index (Phi) is 4.26. The molecule has 124 valence electrons. The van der Waals surface area contributed by atoms with Crippen molar-refractivity contribution < 1.29 is 9.63 Å². The van der Waals surface area contributed by atoms with Crippen molar-refractivity contribution in [1.82, 2.24) is 4.98 Å². The molecule has 1 amide bonds. The number of thiazole rings is 1. The Bertz CT molecular complexity index is 907. The lowest BCUT2D eigenvalue weighted by Crippen LogP contribution is -2.21. The molecule has 2 aromatic carbocycles. The highest BCUT2D eigenvalue weighted by Gasteiger charge is 2.27. The van der Waals surface area contributed by atoms with E-state index in [4.69, 9.17) is 4.84 Å². The minimum Gasteiger partial charge on any atom is -0.387 e. The number of hydrogen-bond donors (Lipinski definition) is 1. The largest absolute Gasteiger partial charge is 0.387 e. The van der Waals surface area contributed by atoms with Crippen LogP contribution >= 0.6 is 11.3 Å². The zero-order valence-corrected chi connectivity index (χ0v) is 14.1. The molecule has 0 bridgehead atoms. The van der Waals surface area contributed by atoms with Crippen molar-refractivity contribution in [2.24, 2.45) is 5.16 Å². The summed E-state index contributed by atoms with van der Waals surface area (Å²) in [6.45, 7) is 0. The third-order valence-corrected chi connectivity index (χ3v) is 4.65. The number of rotatable bonds is 4. The highest BCUT2D eigenvalue weighted by molar-refractivity contribution is 7.14. The lowest BCUT2D eigenvalue weighted by molar-refractivity contribution is -0.110. The van der Waals surface area contributed by atoms with E-state index in [1.807, 2.05) is 66.0 Å². The average Bonchev–Trinajstić information content (AvgIpc) is 3.33. The Morgan fingerprint density at radius 1 is 1.08 bits per heavy atom. The number of oxime groups is 1. The third kappa shape index (κ3) is 3.44. The van der Waals surface area contributed by atoms with E-state index >= 15 is 0 Å². The first-order chi connectivity index (χ1) is 12.3. The van der Waals surface area contributed by atoms with Crippen LogP contribution in [0.1, 0.15) is 18.1 Å². The van der Waals surface area contributed by atoms with E-state index in [-0.39, 0.29) is 12.0 Å². The molecule has 1 aromatic heterocycles. The van der Waals surface area contributed by atoms with E-state index in [2.05, 4.69) is 15.5 Å². The Labute approximate surface area is 149 Å². The van der Waals surface area contributed by atoms with Gasteiger partial charge in [0.2, 0.25) is 0 Å². The molecule has 0 aliphatic carbocycles. The van der Waals surface area contributed by atoms with Crippen LogP contribution in [0.4, 0.5) is 5.13 Å². The predicted octanol–water partition coefficient (Wildman–Crippen LogP) is 4.27. The molecular weight excluding hydrogens is 334 g/mol. The van der Waals surface area contributed by atoms with E-state index in [9.17, 15) is 4.79 Å². The maximum absolute atomic E-state index is 12.4. The number of anilines is 1. The number of nitrogens with zero attached hydrogens (tertiary/aromatic N) is 2. The second-order valence-corrected chi connectivity index (χ2v) is 6.46. The van der Waals surface area contributed by atoms with E-state index in [0.29, 0.717) is 17.3 Å². The molecular formula is C19H15N3O2S. The van der Waals surface area contributed by atoms with Crippen LogP contribution in [-0.4, -0.2) is 16.6 Å². The van der Waals surface area contributed by atoms with Crippen LogP contribution in [0.5, 0.6) is 0 Å². The zero-order valence-electron chi connectivity index (χ0n) is 13.3. The van der Waals surface area contributed by atoms with Crippen molar-refractivity contribution in [3.8, 4) is 11.3 Å².